The Morgan fingerprint density at radius 2 is 0.754 bits per heavy atom. The third-order valence-electron chi connectivity index (χ3n) is 11.7. The summed E-state index contributed by atoms with van der Waals surface area (Å²) in [6.07, 6.45) is 0. The van der Waals surface area contributed by atoms with Crippen molar-refractivity contribution in [2.24, 2.45) is 0 Å². The Morgan fingerprint density at radius 1 is 0.439 bits per heavy atom. The lowest BCUT2D eigenvalue weighted by molar-refractivity contribution is -0.311. The average molecular weight is 754 g/mol. The zero-order valence-corrected chi connectivity index (χ0v) is 33.3. The molecule has 0 saturated carbocycles. The van der Waals surface area contributed by atoms with E-state index in [9.17, 15) is 29.7 Å². The van der Waals surface area contributed by atoms with Crippen molar-refractivity contribution in [2.45, 2.75) is 76.5 Å². The summed E-state index contributed by atoms with van der Waals surface area (Å²) in [6.45, 7) is 14.6. The van der Waals surface area contributed by atoms with E-state index in [-0.39, 0.29) is 10.8 Å². The van der Waals surface area contributed by atoms with Gasteiger partial charge in [-0.1, -0.05) is 175 Å². The summed E-state index contributed by atoms with van der Waals surface area (Å²) in [5, 5.41) is 34.7. The van der Waals surface area contributed by atoms with Gasteiger partial charge >= 0.3 is 0 Å². The molecule has 0 aromatic heterocycles. The zero-order valence-electron chi connectivity index (χ0n) is 33.3. The third-order valence-corrected chi connectivity index (χ3v) is 11.7. The minimum Gasteiger partial charge on any atom is -0.549 e. The number of carbonyl (C=O) groups excluding carboxylic acids is 3. The second kappa shape index (κ2) is 14.3. The van der Waals surface area contributed by atoms with Gasteiger partial charge in [-0.05, 0) is 95.6 Å². The molecule has 0 fully saturated rings. The highest BCUT2D eigenvalue weighted by atomic mass is 16.4. The van der Waals surface area contributed by atoms with E-state index in [0.717, 1.165) is 77.9 Å². The predicted octanol–water partition coefficient (Wildman–Crippen LogP) is 7.42. The zero-order chi connectivity index (χ0) is 41.0. The fourth-order valence-corrected chi connectivity index (χ4v) is 8.53. The monoisotopic (exact) mass is 753 g/mol. The van der Waals surface area contributed by atoms with Crippen molar-refractivity contribution in [1.82, 2.24) is 0 Å². The van der Waals surface area contributed by atoms with Crippen LogP contribution in [-0.2, 0) is 30.6 Å². The number of benzene rings is 6. The lowest BCUT2D eigenvalue weighted by Gasteiger charge is -2.28. The van der Waals surface area contributed by atoms with Crippen LogP contribution in [0.4, 0.5) is 0 Å². The molecule has 0 spiro atoms. The number of hydrogen-bond donors (Lipinski definition) is 0. The fourth-order valence-electron chi connectivity index (χ4n) is 8.53. The summed E-state index contributed by atoms with van der Waals surface area (Å²) >= 11 is 0. The van der Waals surface area contributed by atoms with Crippen molar-refractivity contribution in [3.63, 3.8) is 0 Å². The van der Waals surface area contributed by atoms with E-state index in [1.165, 1.54) is 0 Å². The Hall–Kier alpha value is -6.27. The first-order valence-corrected chi connectivity index (χ1v) is 19.2. The van der Waals surface area contributed by atoms with Crippen LogP contribution in [0.1, 0.15) is 105 Å². The maximum atomic E-state index is 11.9. The quantitative estimate of drug-likeness (QED) is 0.186. The number of hydrogen-bond acceptors (Lipinski definition) is 6. The molecule has 0 bridgehead atoms. The fraction of sp³-hybridized carbons (Fsp3) is 0.235. The van der Waals surface area contributed by atoms with Crippen molar-refractivity contribution >= 4 is 17.9 Å². The molecule has 0 atom stereocenters. The molecule has 6 aromatic carbocycles. The Bertz CT molecular complexity index is 2410. The average Bonchev–Trinajstić information content (AvgIpc) is 3.79. The molecule has 0 N–H and O–H groups in total. The highest BCUT2D eigenvalue weighted by Crippen LogP contribution is 2.49. The molecule has 0 unspecified atom stereocenters. The van der Waals surface area contributed by atoms with E-state index in [1.54, 1.807) is 6.92 Å². The van der Waals surface area contributed by atoms with Crippen LogP contribution >= 0.6 is 0 Å². The number of carbonyl (C=O) groups is 3. The van der Waals surface area contributed by atoms with Crippen molar-refractivity contribution in [3.05, 3.63) is 178 Å². The van der Waals surface area contributed by atoms with Crippen LogP contribution in [0, 0.1) is 0 Å². The van der Waals surface area contributed by atoms with Crippen LogP contribution in [0.25, 0.3) is 33.4 Å². The summed E-state index contributed by atoms with van der Waals surface area (Å²) in [4.78, 5) is 34.7. The molecule has 0 amide bonds. The van der Waals surface area contributed by atoms with Gasteiger partial charge in [-0.3, -0.25) is 0 Å². The van der Waals surface area contributed by atoms with Crippen LogP contribution < -0.4 is 15.3 Å². The minimum atomic E-state index is -1.05. The first-order chi connectivity index (χ1) is 26.9. The molecule has 6 heteroatoms. The van der Waals surface area contributed by atoms with Gasteiger partial charge in [0.15, 0.2) is 0 Å². The summed E-state index contributed by atoms with van der Waals surface area (Å²) in [7, 11) is 0. The lowest BCUT2D eigenvalue weighted by Crippen LogP contribution is -2.43. The molecule has 3 aliphatic rings. The van der Waals surface area contributed by atoms with E-state index < -0.39 is 35.2 Å². The van der Waals surface area contributed by atoms with Gasteiger partial charge in [0.2, 0.25) is 0 Å². The van der Waals surface area contributed by atoms with Gasteiger partial charge < -0.3 is 29.7 Å². The van der Waals surface area contributed by atoms with E-state index in [4.69, 9.17) is 0 Å². The van der Waals surface area contributed by atoms with Crippen LogP contribution in [0.15, 0.2) is 133 Å². The predicted molar refractivity (Wildman–Crippen MR) is 218 cm³/mol. The van der Waals surface area contributed by atoms with E-state index in [2.05, 4.69) is 65.8 Å². The van der Waals surface area contributed by atoms with Gasteiger partial charge in [-0.25, -0.2) is 0 Å². The van der Waals surface area contributed by atoms with Gasteiger partial charge in [0.25, 0.3) is 0 Å². The molecule has 6 nitrogen and oxygen atoms in total. The molecule has 0 aliphatic heterocycles. The van der Waals surface area contributed by atoms with Crippen molar-refractivity contribution in [2.75, 3.05) is 0 Å². The summed E-state index contributed by atoms with van der Waals surface area (Å²) < 4.78 is 0. The topological polar surface area (TPSA) is 120 Å². The number of fused-ring (bicyclic) bond motifs is 9. The van der Waals surface area contributed by atoms with Gasteiger partial charge in [0.1, 0.15) is 0 Å². The van der Waals surface area contributed by atoms with Gasteiger partial charge in [0, 0.05) is 11.8 Å². The normalized spacial score (nSPS) is 14.3. The molecule has 0 saturated heterocycles. The Morgan fingerprint density at radius 3 is 1.11 bits per heavy atom. The second-order valence-corrected chi connectivity index (χ2v) is 17.3. The first kappa shape index (κ1) is 39.0. The smallest absolute Gasteiger partial charge is 0.0581 e. The molecular formula is C51H45O6-3. The van der Waals surface area contributed by atoms with Crippen molar-refractivity contribution in [3.8, 4) is 33.4 Å². The van der Waals surface area contributed by atoms with Crippen molar-refractivity contribution < 1.29 is 29.7 Å². The summed E-state index contributed by atoms with van der Waals surface area (Å²) in [5.74, 6) is -4.40. The maximum absolute atomic E-state index is 11.9. The highest BCUT2D eigenvalue weighted by Gasteiger charge is 2.40. The highest BCUT2D eigenvalue weighted by molar-refractivity contribution is 5.96. The Balaban J connectivity index is 0.000000134. The third kappa shape index (κ3) is 6.73. The molecule has 9 rings (SSSR count). The molecule has 288 valence electrons. The Kier molecular flexibility index (Phi) is 9.81. The molecule has 57 heavy (non-hydrogen) atoms. The number of carboxylic acid groups (broad SMARTS) is 3. The second-order valence-electron chi connectivity index (χ2n) is 17.3. The number of carboxylic acids is 3. The summed E-state index contributed by atoms with van der Waals surface area (Å²) in [6, 6.07) is 42.9. The molecule has 0 radical (unpaired) electrons. The van der Waals surface area contributed by atoms with Crippen molar-refractivity contribution in [1.29, 1.82) is 0 Å². The van der Waals surface area contributed by atoms with Gasteiger partial charge in [0.05, 0.1) is 23.3 Å². The van der Waals surface area contributed by atoms with Crippen LogP contribution in [0.5, 0.6) is 0 Å². The molecule has 6 aromatic rings. The number of aliphatic carboxylic acids is 3. The molecule has 3 aliphatic carbocycles. The molecule has 0 heterocycles. The lowest BCUT2D eigenvalue weighted by atomic mass is 9.80. The first-order valence-electron chi connectivity index (χ1n) is 19.2. The standard InChI is InChI=1S/C22H26O2.C15H12O2.C14H10O2/c1-21(2,3)13-7-9-15-16-10-8-14(22(4,5)6)12-18(16)19(20(23)24)17(15)11-13;1-15(14(16)17)12-8-4-2-6-10(12)11-7-3-5-9-13(11)15;15-14(16)13-11-7-3-1-5-9(11)10-6-2-4-8-12(10)13/h7-12,19H,1-6H3,(H,23,24);2-9H,1H3,(H,16,17);1-8,13H,(H,15,16)/p-3. The van der Waals surface area contributed by atoms with Gasteiger partial charge in [-0.15, -0.1) is 0 Å². The van der Waals surface area contributed by atoms with Crippen LogP contribution in [-0.4, -0.2) is 17.9 Å². The number of rotatable bonds is 3. The van der Waals surface area contributed by atoms with Crippen LogP contribution in [0.3, 0.4) is 0 Å². The largest absolute Gasteiger partial charge is 0.549 e. The maximum Gasteiger partial charge on any atom is 0.0581 e. The SMILES string of the molecule is CC(C)(C)c1ccc2c(c1)C(C(=O)[O-])c1cc(C(C)(C)C)ccc1-2.CC1(C(=O)[O-])c2ccccc2-c2ccccc21.O=C([O-])C1c2ccccc2-c2ccccc21. The van der Waals surface area contributed by atoms with E-state index in [1.807, 2.05) is 109 Å². The van der Waals surface area contributed by atoms with Crippen LogP contribution in [0.2, 0.25) is 0 Å². The summed E-state index contributed by atoms with van der Waals surface area (Å²) in [5.41, 5.74) is 12.3. The Labute approximate surface area is 334 Å². The van der Waals surface area contributed by atoms with E-state index >= 15 is 0 Å². The molecular weight excluding hydrogens is 709 g/mol. The van der Waals surface area contributed by atoms with Gasteiger partial charge in [-0.2, -0.15) is 0 Å². The minimum absolute atomic E-state index is 0.0170. The van der Waals surface area contributed by atoms with E-state index in [0.29, 0.717) is 0 Å².